The van der Waals surface area contributed by atoms with Gasteiger partial charge in [-0.2, -0.15) is 0 Å². The third-order valence-electron chi connectivity index (χ3n) is 2.83. The van der Waals surface area contributed by atoms with Crippen molar-refractivity contribution in [2.45, 2.75) is 24.3 Å². The molecule has 0 amide bonds. The van der Waals surface area contributed by atoms with Crippen molar-refractivity contribution >= 4 is 10.0 Å². The van der Waals surface area contributed by atoms with Crippen molar-refractivity contribution in [2.75, 3.05) is 13.6 Å². The summed E-state index contributed by atoms with van der Waals surface area (Å²) in [7, 11) is -2.11. The van der Waals surface area contributed by atoms with E-state index in [4.69, 9.17) is 10.5 Å². The minimum atomic E-state index is -3.49. The lowest BCUT2D eigenvalue weighted by atomic mass is 10.1. The molecule has 0 aromatic heterocycles. The van der Waals surface area contributed by atoms with Gasteiger partial charge in [-0.25, -0.2) is 13.1 Å². The van der Waals surface area contributed by atoms with Crippen LogP contribution in [-0.4, -0.2) is 28.1 Å². The van der Waals surface area contributed by atoms with Crippen molar-refractivity contribution in [3.8, 4) is 5.75 Å². The number of fused-ring (bicyclic) bond motifs is 1. The smallest absolute Gasteiger partial charge is 0.244 e. The van der Waals surface area contributed by atoms with Gasteiger partial charge in [0.25, 0.3) is 0 Å². The zero-order chi connectivity index (χ0) is 12.6. The Balaban J connectivity index is 2.57. The van der Waals surface area contributed by atoms with Crippen LogP contribution in [0.4, 0.5) is 0 Å². The Morgan fingerprint density at radius 2 is 2.24 bits per heavy atom. The average molecular weight is 256 g/mol. The number of hydrogen-bond donors (Lipinski definition) is 2. The van der Waals surface area contributed by atoms with E-state index >= 15 is 0 Å². The molecule has 0 fully saturated rings. The van der Waals surface area contributed by atoms with Gasteiger partial charge in [-0.1, -0.05) is 6.07 Å². The summed E-state index contributed by atoms with van der Waals surface area (Å²) in [4.78, 5) is 0.200. The van der Waals surface area contributed by atoms with Gasteiger partial charge in [-0.3, -0.25) is 0 Å². The quantitative estimate of drug-likeness (QED) is 0.807. The molecule has 0 spiro atoms. The molecular formula is C11H16N2O3S. The van der Waals surface area contributed by atoms with Crippen LogP contribution in [0, 0.1) is 6.92 Å². The first-order chi connectivity index (χ1) is 7.97. The molecule has 94 valence electrons. The Hall–Kier alpha value is -1.11. The number of nitrogens with two attached hydrogens (primary N) is 1. The highest BCUT2D eigenvalue weighted by atomic mass is 32.2. The van der Waals surface area contributed by atoms with Crippen molar-refractivity contribution in [3.05, 3.63) is 23.3 Å². The van der Waals surface area contributed by atoms with E-state index < -0.39 is 10.0 Å². The fourth-order valence-electron chi connectivity index (χ4n) is 1.99. The molecular weight excluding hydrogens is 240 g/mol. The molecule has 1 heterocycles. The predicted molar refractivity (Wildman–Crippen MR) is 64.6 cm³/mol. The molecule has 1 aromatic rings. The number of ether oxygens (including phenoxy) is 1. The van der Waals surface area contributed by atoms with E-state index in [0.717, 1.165) is 11.1 Å². The van der Waals surface area contributed by atoms with Crippen LogP contribution < -0.4 is 15.2 Å². The maximum Gasteiger partial charge on any atom is 0.244 e. The monoisotopic (exact) mass is 256 g/mol. The van der Waals surface area contributed by atoms with Gasteiger partial charge in [0.15, 0.2) is 0 Å². The molecule has 1 aliphatic rings. The maximum atomic E-state index is 11.9. The highest BCUT2D eigenvalue weighted by Gasteiger charge is 2.29. The standard InChI is InChI=1S/C11H16N2O3S/c1-7-3-8-5-9(6-12)16-11(8)10(4-7)17(14,15)13-2/h3-4,9,13H,5-6,12H2,1-2H3. The van der Waals surface area contributed by atoms with Crippen molar-refractivity contribution in [1.82, 2.24) is 4.72 Å². The van der Waals surface area contributed by atoms with E-state index in [-0.39, 0.29) is 11.0 Å². The largest absolute Gasteiger partial charge is 0.487 e. The van der Waals surface area contributed by atoms with Crippen LogP contribution in [-0.2, 0) is 16.4 Å². The predicted octanol–water partition coefficient (Wildman–Crippen LogP) is 0.165. The van der Waals surface area contributed by atoms with E-state index in [9.17, 15) is 8.42 Å². The summed E-state index contributed by atoms with van der Waals surface area (Å²) in [5.74, 6) is 0.445. The van der Waals surface area contributed by atoms with Crippen LogP contribution in [0.5, 0.6) is 5.75 Å². The molecule has 17 heavy (non-hydrogen) atoms. The van der Waals surface area contributed by atoms with Crippen LogP contribution in [0.3, 0.4) is 0 Å². The first-order valence-corrected chi connectivity index (χ1v) is 6.90. The van der Waals surface area contributed by atoms with E-state index in [0.29, 0.717) is 18.7 Å². The summed E-state index contributed by atoms with van der Waals surface area (Å²) >= 11 is 0. The van der Waals surface area contributed by atoms with Crippen LogP contribution in [0.1, 0.15) is 11.1 Å². The number of nitrogens with one attached hydrogen (secondary N) is 1. The van der Waals surface area contributed by atoms with Gasteiger partial charge < -0.3 is 10.5 Å². The summed E-state index contributed by atoms with van der Waals surface area (Å²) in [6.45, 7) is 2.25. The van der Waals surface area contributed by atoms with Crippen LogP contribution in [0.2, 0.25) is 0 Å². The van der Waals surface area contributed by atoms with Crippen LogP contribution >= 0.6 is 0 Å². The minimum Gasteiger partial charge on any atom is -0.487 e. The third-order valence-corrected chi connectivity index (χ3v) is 4.25. The zero-order valence-electron chi connectivity index (χ0n) is 9.86. The second kappa shape index (κ2) is 4.29. The van der Waals surface area contributed by atoms with E-state index in [1.165, 1.54) is 7.05 Å². The number of hydrogen-bond acceptors (Lipinski definition) is 4. The van der Waals surface area contributed by atoms with Gasteiger partial charge in [0.2, 0.25) is 10.0 Å². The summed E-state index contributed by atoms with van der Waals surface area (Å²) in [5.41, 5.74) is 7.37. The molecule has 0 aliphatic carbocycles. The third kappa shape index (κ3) is 2.15. The number of sulfonamides is 1. The SMILES string of the molecule is CNS(=O)(=O)c1cc(C)cc2c1OC(CN)C2. The van der Waals surface area contributed by atoms with Crippen molar-refractivity contribution in [2.24, 2.45) is 5.73 Å². The Morgan fingerprint density at radius 3 is 2.82 bits per heavy atom. The summed E-state index contributed by atoms with van der Waals surface area (Å²) in [6.07, 6.45) is 0.539. The molecule has 1 atom stereocenters. The average Bonchev–Trinajstić information content (AvgIpc) is 2.70. The molecule has 3 N–H and O–H groups in total. The Kier molecular flexibility index (Phi) is 3.11. The van der Waals surface area contributed by atoms with Gasteiger partial charge in [-0.15, -0.1) is 0 Å². The lowest BCUT2D eigenvalue weighted by Crippen LogP contribution is -2.25. The molecule has 0 saturated carbocycles. The molecule has 1 unspecified atom stereocenters. The molecule has 5 nitrogen and oxygen atoms in total. The fourth-order valence-corrected chi connectivity index (χ4v) is 2.98. The van der Waals surface area contributed by atoms with Gasteiger partial charge in [0.1, 0.15) is 16.7 Å². The molecule has 0 bridgehead atoms. The van der Waals surface area contributed by atoms with Crippen LogP contribution in [0.25, 0.3) is 0 Å². The number of aryl methyl sites for hydroxylation is 1. The molecule has 6 heteroatoms. The summed E-state index contributed by atoms with van der Waals surface area (Å²) < 4.78 is 31.7. The van der Waals surface area contributed by atoms with Gasteiger partial charge in [0, 0.05) is 13.0 Å². The Labute approximate surface area is 101 Å². The second-order valence-corrected chi connectivity index (χ2v) is 5.99. The van der Waals surface area contributed by atoms with Crippen LogP contribution in [0.15, 0.2) is 17.0 Å². The summed E-state index contributed by atoms with van der Waals surface area (Å²) in [5, 5.41) is 0. The van der Waals surface area contributed by atoms with Crippen molar-refractivity contribution < 1.29 is 13.2 Å². The molecule has 0 saturated heterocycles. The van der Waals surface area contributed by atoms with Gasteiger partial charge in [0.05, 0.1) is 0 Å². The Morgan fingerprint density at radius 1 is 1.53 bits per heavy atom. The number of rotatable bonds is 3. The lowest BCUT2D eigenvalue weighted by Gasteiger charge is -2.11. The minimum absolute atomic E-state index is 0.127. The van der Waals surface area contributed by atoms with Crippen molar-refractivity contribution in [3.63, 3.8) is 0 Å². The van der Waals surface area contributed by atoms with Crippen molar-refractivity contribution in [1.29, 1.82) is 0 Å². The zero-order valence-corrected chi connectivity index (χ0v) is 10.7. The first-order valence-electron chi connectivity index (χ1n) is 5.41. The lowest BCUT2D eigenvalue weighted by molar-refractivity contribution is 0.236. The first kappa shape index (κ1) is 12.3. The second-order valence-electron chi connectivity index (χ2n) is 4.14. The molecule has 1 aromatic carbocycles. The van der Waals surface area contributed by atoms with Gasteiger partial charge in [-0.05, 0) is 31.2 Å². The highest BCUT2D eigenvalue weighted by Crippen LogP contribution is 2.36. The fraction of sp³-hybridized carbons (Fsp3) is 0.455. The number of benzene rings is 1. The topological polar surface area (TPSA) is 81.4 Å². The van der Waals surface area contributed by atoms with Gasteiger partial charge >= 0.3 is 0 Å². The normalized spacial score (nSPS) is 18.9. The molecule has 1 aliphatic heterocycles. The molecule has 2 rings (SSSR count). The molecule has 0 radical (unpaired) electrons. The maximum absolute atomic E-state index is 11.9. The van der Waals surface area contributed by atoms with E-state index in [1.54, 1.807) is 6.07 Å². The highest BCUT2D eigenvalue weighted by molar-refractivity contribution is 7.89. The van der Waals surface area contributed by atoms with E-state index in [2.05, 4.69) is 4.72 Å². The summed E-state index contributed by atoms with van der Waals surface area (Å²) in [6, 6.07) is 3.56. The van der Waals surface area contributed by atoms with E-state index in [1.807, 2.05) is 13.0 Å². The Bertz CT molecular complexity index is 540.